The van der Waals surface area contributed by atoms with E-state index in [1.807, 2.05) is 0 Å². The van der Waals surface area contributed by atoms with Crippen LogP contribution in [0.2, 0.25) is 0 Å². The van der Waals surface area contributed by atoms with Crippen LogP contribution in [-0.4, -0.2) is 0 Å². The number of nitrogens with zero attached hydrogens (tertiary/aromatic N) is 2. The van der Waals surface area contributed by atoms with Crippen molar-refractivity contribution in [2.45, 2.75) is 0 Å². The molecule has 0 unspecified atom stereocenters. The zero-order valence-corrected chi connectivity index (χ0v) is 35.1. The molecule has 0 saturated heterocycles. The highest BCUT2D eigenvalue weighted by Crippen LogP contribution is 2.51. The van der Waals surface area contributed by atoms with Crippen molar-refractivity contribution in [2.75, 3.05) is 9.80 Å². The van der Waals surface area contributed by atoms with Crippen LogP contribution in [0.25, 0.3) is 76.1 Å². The van der Waals surface area contributed by atoms with Gasteiger partial charge in [-0.15, -0.1) is 0 Å². The Morgan fingerprint density at radius 3 is 0.984 bits per heavy atom. The average molecular weight is 815 g/mol. The lowest BCUT2D eigenvalue weighted by molar-refractivity contribution is 1.31. The largest absolute Gasteiger partial charge is 0.309 e. The SMILES string of the molecule is c1ccc(-c2cc(N(c3cccc4ccccc34)c3cccc4ccccc34)c3cc(N(c4cccc5ccccc45)c4cccc5ccccc45)c(-c4ccccc4)cc3c2)cc1. The van der Waals surface area contributed by atoms with E-state index in [2.05, 4.69) is 265 Å². The van der Waals surface area contributed by atoms with Crippen molar-refractivity contribution in [3.63, 3.8) is 0 Å². The summed E-state index contributed by atoms with van der Waals surface area (Å²) >= 11 is 0. The average Bonchev–Trinajstić information content (AvgIpc) is 3.37. The van der Waals surface area contributed by atoms with Crippen LogP contribution in [0, 0.1) is 0 Å². The molecule has 2 nitrogen and oxygen atoms in total. The van der Waals surface area contributed by atoms with Crippen LogP contribution in [-0.2, 0) is 0 Å². The maximum Gasteiger partial charge on any atom is 0.0547 e. The minimum atomic E-state index is 1.09. The van der Waals surface area contributed by atoms with E-state index in [0.29, 0.717) is 0 Å². The quantitative estimate of drug-likeness (QED) is 0.151. The van der Waals surface area contributed by atoms with Gasteiger partial charge in [-0.3, -0.25) is 0 Å². The summed E-state index contributed by atoms with van der Waals surface area (Å²) in [5.74, 6) is 0. The Morgan fingerprint density at radius 2 is 0.547 bits per heavy atom. The zero-order valence-electron chi connectivity index (χ0n) is 35.1. The van der Waals surface area contributed by atoms with Gasteiger partial charge in [-0.2, -0.15) is 0 Å². The van der Waals surface area contributed by atoms with Gasteiger partial charge < -0.3 is 9.80 Å². The summed E-state index contributed by atoms with van der Waals surface area (Å²) in [6.45, 7) is 0. The first kappa shape index (κ1) is 37.3. The summed E-state index contributed by atoms with van der Waals surface area (Å²) in [5.41, 5.74) is 11.3. The highest BCUT2D eigenvalue weighted by atomic mass is 15.2. The van der Waals surface area contributed by atoms with E-state index in [1.54, 1.807) is 0 Å². The molecule has 0 amide bonds. The molecule has 0 radical (unpaired) electrons. The van der Waals surface area contributed by atoms with E-state index in [9.17, 15) is 0 Å². The molecule has 0 aromatic heterocycles. The molecule has 0 atom stereocenters. The first-order chi connectivity index (χ1) is 31.8. The normalized spacial score (nSPS) is 11.4. The molecule has 2 heteroatoms. The van der Waals surface area contributed by atoms with Crippen LogP contribution in [0.5, 0.6) is 0 Å². The Hall–Kier alpha value is -8.46. The van der Waals surface area contributed by atoms with Gasteiger partial charge in [0.15, 0.2) is 0 Å². The lowest BCUT2D eigenvalue weighted by Crippen LogP contribution is -2.14. The molecule has 0 saturated carbocycles. The number of benzene rings is 12. The standard InChI is InChI=1S/C62H42N2/c1-3-19-43(20-4-1)49-39-50-40-55(48-21-5-2-6-22-48)62(64(59-37-17-29-46-25-9-13-33-53(46)59)60-38-18-30-47-26-10-14-34-54(47)60)42-56(50)61(41-49)63(57-35-15-27-44-23-7-11-31-51(44)57)58-36-16-28-45-24-8-12-32-52(45)58/h1-42H. The number of rotatable bonds is 8. The predicted molar refractivity (Wildman–Crippen MR) is 274 cm³/mol. The molecule has 0 aliphatic heterocycles. The van der Waals surface area contributed by atoms with Gasteiger partial charge in [0.1, 0.15) is 0 Å². The fourth-order valence-corrected chi connectivity index (χ4v) is 9.79. The fraction of sp³-hybridized carbons (Fsp3) is 0. The number of hydrogen-bond donors (Lipinski definition) is 0. The van der Waals surface area contributed by atoms with Crippen molar-refractivity contribution < 1.29 is 0 Å². The Bertz CT molecular complexity index is 3510. The molecule has 12 aromatic rings. The molecule has 0 aliphatic rings. The molecular formula is C62H42N2. The third kappa shape index (κ3) is 6.44. The molecule has 300 valence electrons. The molecule has 12 aromatic carbocycles. The van der Waals surface area contributed by atoms with E-state index >= 15 is 0 Å². The lowest BCUT2D eigenvalue weighted by Gasteiger charge is -2.33. The summed E-state index contributed by atoms with van der Waals surface area (Å²) < 4.78 is 0. The maximum absolute atomic E-state index is 2.52. The first-order valence-electron chi connectivity index (χ1n) is 22.0. The lowest BCUT2D eigenvalue weighted by atomic mass is 9.92. The van der Waals surface area contributed by atoms with Crippen LogP contribution in [0.4, 0.5) is 34.1 Å². The van der Waals surface area contributed by atoms with Crippen molar-refractivity contribution in [2.24, 2.45) is 0 Å². The second-order valence-electron chi connectivity index (χ2n) is 16.5. The molecule has 0 N–H and O–H groups in total. The summed E-state index contributed by atoms with van der Waals surface area (Å²) in [6.07, 6.45) is 0. The van der Waals surface area contributed by atoms with Crippen LogP contribution in [0.3, 0.4) is 0 Å². The van der Waals surface area contributed by atoms with Crippen LogP contribution in [0.15, 0.2) is 255 Å². The van der Waals surface area contributed by atoms with Crippen molar-refractivity contribution in [3.05, 3.63) is 255 Å². The van der Waals surface area contributed by atoms with E-state index in [0.717, 1.165) is 61.6 Å². The van der Waals surface area contributed by atoms with Crippen LogP contribution < -0.4 is 9.80 Å². The Kier molecular flexibility index (Phi) is 9.20. The fourth-order valence-electron chi connectivity index (χ4n) is 9.79. The third-order valence-corrected chi connectivity index (χ3v) is 12.8. The van der Waals surface area contributed by atoms with Gasteiger partial charge in [0.2, 0.25) is 0 Å². The molecule has 0 fully saturated rings. The Morgan fingerprint density at radius 1 is 0.188 bits per heavy atom. The molecular weight excluding hydrogens is 773 g/mol. The highest BCUT2D eigenvalue weighted by molar-refractivity contribution is 6.14. The molecule has 64 heavy (non-hydrogen) atoms. The van der Waals surface area contributed by atoms with Crippen molar-refractivity contribution >= 4 is 88.0 Å². The van der Waals surface area contributed by atoms with E-state index in [4.69, 9.17) is 0 Å². The zero-order chi connectivity index (χ0) is 42.4. The molecule has 0 aliphatic carbocycles. The van der Waals surface area contributed by atoms with E-state index in [-0.39, 0.29) is 0 Å². The van der Waals surface area contributed by atoms with Crippen molar-refractivity contribution in [1.82, 2.24) is 0 Å². The number of anilines is 6. The van der Waals surface area contributed by atoms with E-state index < -0.39 is 0 Å². The van der Waals surface area contributed by atoms with Crippen molar-refractivity contribution in [1.29, 1.82) is 0 Å². The Balaban J connectivity index is 1.26. The second-order valence-corrected chi connectivity index (χ2v) is 16.5. The minimum absolute atomic E-state index is 1.09. The second kappa shape index (κ2) is 15.8. The monoisotopic (exact) mass is 814 g/mol. The molecule has 0 spiro atoms. The van der Waals surface area contributed by atoms with Crippen LogP contribution in [0.1, 0.15) is 0 Å². The Labute approximate surface area is 373 Å². The van der Waals surface area contributed by atoms with Crippen LogP contribution >= 0.6 is 0 Å². The van der Waals surface area contributed by atoms with Crippen molar-refractivity contribution in [3.8, 4) is 22.3 Å². The van der Waals surface area contributed by atoms with Gasteiger partial charge in [-0.25, -0.2) is 0 Å². The summed E-state index contributed by atoms with van der Waals surface area (Å²) in [7, 11) is 0. The van der Waals surface area contributed by atoms with Gasteiger partial charge >= 0.3 is 0 Å². The topological polar surface area (TPSA) is 6.48 Å². The third-order valence-electron chi connectivity index (χ3n) is 12.8. The molecule has 12 rings (SSSR count). The number of hydrogen-bond acceptors (Lipinski definition) is 2. The van der Waals surface area contributed by atoms with Gasteiger partial charge in [0.05, 0.1) is 34.1 Å². The van der Waals surface area contributed by atoms with Gasteiger partial charge in [-0.1, -0.05) is 206 Å². The van der Waals surface area contributed by atoms with Gasteiger partial charge in [0, 0.05) is 32.5 Å². The van der Waals surface area contributed by atoms with E-state index in [1.165, 1.54) is 48.7 Å². The summed E-state index contributed by atoms with van der Waals surface area (Å²) in [6, 6.07) is 93.2. The summed E-state index contributed by atoms with van der Waals surface area (Å²) in [4.78, 5) is 5.03. The maximum atomic E-state index is 2.52. The minimum Gasteiger partial charge on any atom is -0.309 e. The highest BCUT2D eigenvalue weighted by Gasteiger charge is 2.26. The molecule has 0 heterocycles. The smallest absolute Gasteiger partial charge is 0.0547 e. The molecule has 0 bridgehead atoms. The van der Waals surface area contributed by atoms with Gasteiger partial charge in [-0.05, 0) is 92.2 Å². The number of fused-ring (bicyclic) bond motifs is 5. The first-order valence-corrected chi connectivity index (χ1v) is 22.0. The van der Waals surface area contributed by atoms with Gasteiger partial charge in [0.25, 0.3) is 0 Å². The predicted octanol–water partition coefficient (Wildman–Crippen LogP) is 17.7. The summed E-state index contributed by atoms with van der Waals surface area (Å²) in [5, 5.41) is 11.8.